The highest BCUT2D eigenvalue weighted by molar-refractivity contribution is 5.07. The van der Waals surface area contributed by atoms with Crippen LogP contribution in [0.5, 0.6) is 0 Å². The Morgan fingerprint density at radius 1 is 1.60 bits per heavy atom. The molecule has 2 heterocycles. The molecule has 114 valence electrons. The van der Waals surface area contributed by atoms with Crippen molar-refractivity contribution in [2.24, 2.45) is 11.7 Å². The number of likely N-dealkylation sites (N-methyl/N-ethyl adjacent to an activating group) is 1. The maximum atomic E-state index is 6.38. The van der Waals surface area contributed by atoms with Crippen LogP contribution in [0.25, 0.3) is 0 Å². The first-order chi connectivity index (χ1) is 9.63. The normalized spacial score (nSPS) is 22.4. The standard InChI is InChI=1S/C15H28N4O/c1-4-12(2)18(3)6-7-19-11-17-9-14(19)15(16)13-5-8-20-10-13/h9,11-13,15H,4-8,10,16H2,1-3H3. The molecule has 0 radical (unpaired) electrons. The van der Waals surface area contributed by atoms with E-state index in [4.69, 9.17) is 10.5 Å². The molecule has 1 aromatic heterocycles. The second-order valence-corrected chi connectivity index (χ2v) is 5.90. The van der Waals surface area contributed by atoms with Crippen molar-refractivity contribution >= 4 is 0 Å². The molecule has 2 N–H and O–H groups in total. The van der Waals surface area contributed by atoms with Crippen LogP contribution >= 0.6 is 0 Å². The van der Waals surface area contributed by atoms with Crippen LogP contribution < -0.4 is 5.73 Å². The van der Waals surface area contributed by atoms with Gasteiger partial charge in [0.2, 0.25) is 0 Å². The van der Waals surface area contributed by atoms with Crippen molar-refractivity contribution in [1.29, 1.82) is 0 Å². The Morgan fingerprint density at radius 2 is 2.40 bits per heavy atom. The molecular formula is C15H28N4O. The molecule has 0 aliphatic carbocycles. The van der Waals surface area contributed by atoms with Gasteiger partial charge in [-0.3, -0.25) is 0 Å². The van der Waals surface area contributed by atoms with E-state index in [1.54, 1.807) is 0 Å². The third-order valence-electron chi connectivity index (χ3n) is 4.60. The molecule has 1 aromatic rings. The first kappa shape index (κ1) is 15.5. The van der Waals surface area contributed by atoms with Gasteiger partial charge in [0.25, 0.3) is 0 Å². The highest BCUT2D eigenvalue weighted by Crippen LogP contribution is 2.26. The number of imidazole rings is 1. The predicted octanol–water partition coefficient (Wildman–Crippen LogP) is 1.65. The lowest BCUT2D eigenvalue weighted by Gasteiger charge is -2.25. The Hall–Kier alpha value is -0.910. The molecule has 2 rings (SSSR count). The molecule has 3 unspecified atom stereocenters. The third kappa shape index (κ3) is 3.59. The smallest absolute Gasteiger partial charge is 0.0949 e. The summed E-state index contributed by atoms with van der Waals surface area (Å²) in [4.78, 5) is 6.66. The predicted molar refractivity (Wildman–Crippen MR) is 80.5 cm³/mol. The number of rotatable bonds is 7. The largest absolute Gasteiger partial charge is 0.381 e. The number of nitrogens with two attached hydrogens (primary N) is 1. The van der Waals surface area contributed by atoms with E-state index in [0.717, 1.165) is 38.4 Å². The van der Waals surface area contributed by atoms with E-state index >= 15 is 0 Å². The minimum Gasteiger partial charge on any atom is -0.381 e. The summed E-state index contributed by atoms with van der Waals surface area (Å²) in [5.41, 5.74) is 7.52. The lowest BCUT2D eigenvalue weighted by Crippen LogP contribution is -2.32. The SMILES string of the molecule is CCC(C)N(C)CCn1cncc1C(N)C1CCOC1. The van der Waals surface area contributed by atoms with Gasteiger partial charge in [-0.1, -0.05) is 6.92 Å². The average Bonchev–Trinajstić information content (AvgIpc) is 3.13. The Bertz CT molecular complexity index is 400. The van der Waals surface area contributed by atoms with Gasteiger partial charge < -0.3 is 19.9 Å². The zero-order valence-corrected chi connectivity index (χ0v) is 13.0. The molecule has 5 heteroatoms. The van der Waals surface area contributed by atoms with Crippen LogP contribution in [0, 0.1) is 5.92 Å². The molecule has 1 saturated heterocycles. The van der Waals surface area contributed by atoms with E-state index in [-0.39, 0.29) is 6.04 Å². The molecule has 0 amide bonds. The fraction of sp³-hybridized carbons (Fsp3) is 0.800. The molecule has 5 nitrogen and oxygen atoms in total. The molecule has 20 heavy (non-hydrogen) atoms. The van der Waals surface area contributed by atoms with Crippen LogP contribution in [0.2, 0.25) is 0 Å². The third-order valence-corrected chi connectivity index (χ3v) is 4.60. The number of aromatic nitrogens is 2. The van der Waals surface area contributed by atoms with E-state index in [1.807, 2.05) is 12.5 Å². The summed E-state index contributed by atoms with van der Waals surface area (Å²) in [6, 6.07) is 0.646. The summed E-state index contributed by atoms with van der Waals surface area (Å²) in [7, 11) is 2.18. The second-order valence-electron chi connectivity index (χ2n) is 5.90. The van der Waals surface area contributed by atoms with Gasteiger partial charge in [0.05, 0.1) is 24.7 Å². The summed E-state index contributed by atoms with van der Waals surface area (Å²) in [6.07, 6.45) is 6.03. The van der Waals surface area contributed by atoms with Gasteiger partial charge in [-0.2, -0.15) is 0 Å². The van der Waals surface area contributed by atoms with Gasteiger partial charge >= 0.3 is 0 Å². The zero-order chi connectivity index (χ0) is 14.5. The highest BCUT2D eigenvalue weighted by Gasteiger charge is 2.26. The molecule has 0 spiro atoms. The number of hydrogen-bond acceptors (Lipinski definition) is 4. The van der Waals surface area contributed by atoms with Crippen molar-refractivity contribution in [3.8, 4) is 0 Å². The van der Waals surface area contributed by atoms with Crippen molar-refractivity contribution in [1.82, 2.24) is 14.5 Å². The molecule has 1 aliphatic rings. The van der Waals surface area contributed by atoms with Crippen LogP contribution in [0.4, 0.5) is 0 Å². The summed E-state index contributed by atoms with van der Waals surface area (Å²) >= 11 is 0. The van der Waals surface area contributed by atoms with Gasteiger partial charge in [0.1, 0.15) is 0 Å². The van der Waals surface area contributed by atoms with Gasteiger partial charge in [0.15, 0.2) is 0 Å². The summed E-state index contributed by atoms with van der Waals surface area (Å²) in [5.74, 6) is 0.428. The Labute approximate surface area is 122 Å². The first-order valence-corrected chi connectivity index (χ1v) is 7.67. The minimum absolute atomic E-state index is 0.0360. The fourth-order valence-corrected chi connectivity index (χ4v) is 2.67. The van der Waals surface area contributed by atoms with Crippen molar-refractivity contribution in [2.75, 3.05) is 26.8 Å². The van der Waals surface area contributed by atoms with E-state index < -0.39 is 0 Å². The van der Waals surface area contributed by atoms with E-state index in [0.29, 0.717) is 12.0 Å². The number of hydrogen-bond donors (Lipinski definition) is 1. The highest BCUT2D eigenvalue weighted by atomic mass is 16.5. The minimum atomic E-state index is 0.0360. The fourth-order valence-electron chi connectivity index (χ4n) is 2.67. The van der Waals surface area contributed by atoms with Crippen molar-refractivity contribution in [3.63, 3.8) is 0 Å². The Balaban J connectivity index is 1.94. The Kier molecular flexibility index (Phi) is 5.57. The molecule has 0 bridgehead atoms. The molecule has 0 saturated carbocycles. The quantitative estimate of drug-likeness (QED) is 0.825. The van der Waals surface area contributed by atoms with E-state index in [9.17, 15) is 0 Å². The molecule has 1 aliphatic heterocycles. The molecular weight excluding hydrogens is 252 g/mol. The van der Waals surface area contributed by atoms with E-state index in [2.05, 4.69) is 35.3 Å². The van der Waals surface area contributed by atoms with Gasteiger partial charge in [-0.25, -0.2) is 4.98 Å². The number of nitrogens with zero attached hydrogens (tertiary/aromatic N) is 3. The van der Waals surface area contributed by atoms with Gasteiger partial charge in [0, 0.05) is 37.9 Å². The van der Waals surface area contributed by atoms with Crippen LogP contribution in [0.1, 0.15) is 38.4 Å². The second kappa shape index (κ2) is 7.20. The molecule has 0 aromatic carbocycles. The zero-order valence-electron chi connectivity index (χ0n) is 13.0. The average molecular weight is 280 g/mol. The maximum Gasteiger partial charge on any atom is 0.0949 e. The van der Waals surface area contributed by atoms with E-state index in [1.165, 1.54) is 6.42 Å². The maximum absolute atomic E-state index is 6.38. The van der Waals surface area contributed by atoms with Gasteiger partial charge in [-0.15, -0.1) is 0 Å². The topological polar surface area (TPSA) is 56.3 Å². The lowest BCUT2D eigenvalue weighted by atomic mass is 9.97. The summed E-state index contributed by atoms with van der Waals surface area (Å²) in [5, 5.41) is 0. The Morgan fingerprint density at radius 3 is 3.05 bits per heavy atom. The summed E-state index contributed by atoms with van der Waals surface area (Å²) < 4.78 is 7.64. The van der Waals surface area contributed by atoms with Crippen LogP contribution in [-0.2, 0) is 11.3 Å². The van der Waals surface area contributed by atoms with Crippen molar-refractivity contribution in [3.05, 3.63) is 18.2 Å². The monoisotopic (exact) mass is 280 g/mol. The van der Waals surface area contributed by atoms with Crippen LogP contribution in [-0.4, -0.2) is 47.3 Å². The van der Waals surface area contributed by atoms with Gasteiger partial charge in [-0.05, 0) is 26.8 Å². The summed E-state index contributed by atoms with van der Waals surface area (Å²) in [6.45, 7) is 8.06. The van der Waals surface area contributed by atoms with Crippen molar-refractivity contribution < 1.29 is 4.74 Å². The van der Waals surface area contributed by atoms with Crippen molar-refractivity contribution in [2.45, 2.75) is 45.3 Å². The van der Waals surface area contributed by atoms with Crippen LogP contribution in [0.15, 0.2) is 12.5 Å². The number of ether oxygens (including phenoxy) is 1. The first-order valence-electron chi connectivity index (χ1n) is 7.67. The molecule has 1 fully saturated rings. The van der Waals surface area contributed by atoms with Crippen LogP contribution in [0.3, 0.4) is 0 Å². The molecule has 3 atom stereocenters. The lowest BCUT2D eigenvalue weighted by molar-refractivity contribution is 0.180.